The van der Waals surface area contributed by atoms with Gasteiger partial charge in [-0.2, -0.15) is 0 Å². The zero-order chi connectivity index (χ0) is 11.7. The van der Waals surface area contributed by atoms with E-state index >= 15 is 0 Å². The Morgan fingerprint density at radius 3 is 2.00 bits per heavy atom. The minimum absolute atomic E-state index is 0.728. The second kappa shape index (κ2) is 4.66. The molecular weight excluding hydrogens is 206 g/mol. The zero-order valence-electron chi connectivity index (χ0n) is 10.6. The molecule has 2 atom stereocenters. The summed E-state index contributed by atoms with van der Waals surface area (Å²) in [5, 5.41) is 0. The summed E-state index contributed by atoms with van der Waals surface area (Å²) in [6.45, 7) is 5.73. The van der Waals surface area contributed by atoms with E-state index in [1.165, 1.54) is 12.8 Å². The molecule has 3 aliphatic rings. The maximum absolute atomic E-state index is 2.56. The first kappa shape index (κ1) is 11.0. The predicted molar refractivity (Wildman–Crippen MR) is 72.8 cm³/mol. The SMILES string of the molecule is CCN1CC2=CC=CC(C2)C2C=CC=C(C2)C1. The number of nitrogens with zero attached hydrogens (tertiary/aromatic N) is 1. The number of fused-ring (bicyclic) bond motifs is 5. The molecule has 0 radical (unpaired) electrons. The molecule has 0 amide bonds. The van der Waals surface area contributed by atoms with Gasteiger partial charge in [-0.05, 0) is 31.2 Å². The topological polar surface area (TPSA) is 3.24 Å². The smallest absolute Gasteiger partial charge is 0.0199 e. The molecule has 2 aliphatic carbocycles. The second-order valence-corrected chi connectivity index (χ2v) is 5.46. The predicted octanol–water partition coefficient (Wildman–Crippen LogP) is 3.33. The van der Waals surface area contributed by atoms with Gasteiger partial charge in [0.25, 0.3) is 0 Å². The largest absolute Gasteiger partial charge is 0.296 e. The molecule has 3 rings (SSSR count). The molecule has 0 N–H and O–H groups in total. The van der Waals surface area contributed by atoms with E-state index in [1.807, 2.05) is 0 Å². The molecule has 0 saturated carbocycles. The van der Waals surface area contributed by atoms with Gasteiger partial charge >= 0.3 is 0 Å². The molecule has 0 aromatic rings. The van der Waals surface area contributed by atoms with Crippen molar-refractivity contribution < 1.29 is 0 Å². The van der Waals surface area contributed by atoms with E-state index in [9.17, 15) is 0 Å². The summed E-state index contributed by atoms with van der Waals surface area (Å²) < 4.78 is 0. The van der Waals surface area contributed by atoms with Gasteiger partial charge in [0.2, 0.25) is 0 Å². The van der Waals surface area contributed by atoms with Crippen molar-refractivity contribution in [2.75, 3.05) is 19.6 Å². The van der Waals surface area contributed by atoms with E-state index in [-0.39, 0.29) is 0 Å². The second-order valence-electron chi connectivity index (χ2n) is 5.46. The first-order valence-corrected chi connectivity index (χ1v) is 6.80. The zero-order valence-corrected chi connectivity index (χ0v) is 10.6. The Labute approximate surface area is 104 Å². The molecule has 0 aromatic heterocycles. The summed E-state index contributed by atoms with van der Waals surface area (Å²) >= 11 is 0. The molecule has 0 aromatic carbocycles. The average molecular weight is 227 g/mol. The average Bonchev–Trinajstić information content (AvgIpc) is 2.40. The number of likely N-dealkylation sites (N-methyl/N-ethyl adjacent to an activating group) is 1. The standard InChI is InChI=1S/C16H21N/c1-2-17-11-13-5-3-7-15(9-13)16-8-4-6-14(10-16)12-17/h3-8,15-16H,2,9-12H2,1H3. The van der Waals surface area contributed by atoms with Crippen LogP contribution in [0.2, 0.25) is 0 Å². The van der Waals surface area contributed by atoms with Crippen LogP contribution < -0.4 is 0 Å². The van der Waals surface area contributed by atoms with Crippen LogP contribution in [-0.2, 0) is 0 Å². The highest BCUT2D eigenvalue weighted by Crippen LogP contribution is 2.34. The van der Waals surface area contributed by atoms with Crippen LogP contribution in [0.15, 0.2) is 47.6 Å². The summed E-state index contributed by atoms with van der Waals surface area (Å²) in [7, 11) is 0. The van der Waals surface area contributed by atoms with E-state index in [1.54, 1.807) is 11.1 Å². The van der Waals surface area contributed by atoms with Crippen LogP contribution in [0.5, 0.6) is 0 Å². The van der Waals surface area contributed by atoms with Gasteiger partial charge in [-0.25, -0.2) is 0 Å². The summed E-state index contributed by atoms with van der Waals surface area (Å²) in [6.07, 6.45) is 16.5. The number of allylic oxidation sites excluding steroid dienone is 6. The first-order valence-electron chi connectivity index (χ1n) is 6.80. The monoisotopic (exact) mass is 227 g/mol. The fourth-order valence-corrected chi connectivity index (χ4v) is 3.22. The molecule has 2 unspecified atom stereocenters. The van der Waals surface area contributed by atoms with E-state index in [4.69, 9.17) is 0 Å². The Kier molecular flexibility index (Phi) is 3.02. The fraction of sp³-hybridized carbons (Fsp3) is 0.500. The summed E-state index contributed by atoms with van der Waals surface area (Å²) in [5.41, 5.74) is 3.22. The third-order valence-electron chi connectivity index (χ3n) is 4.23. The maximum Gasteiger partial charge on any atom is 0.0199 e. The Morgan fingerprint density at radius 2 is 1.53 bits per heavy atom. The van der Waals surface area contributed by atoms with E-state index in [2.05, 4.69) is 48.3 Å². The van der Waals surface area contributed by atoms with Crippen LogP contribution in [0.1, 0.15) is 19.8 Å². The lowest BCUT2D eigenvalue weighted by Gasteiger charge is -2.25. The van der Waals surface area contributed by atoms with Gasteiger partial charge in [0.15, 0.2) is 0 Å². The van der Waals surface area contributed by atoms with Crippen LogP contribution in [0, 0.1) is 11.8 Å². The third-order valence-corrected chi connectivity index (χ3v) is 4.23. The van der Waals surface area contributed by atoms with Crippen LogP contribution >= 0.6 is 0 Å². The molecule has 1 saturated heterocycles. The fourth-order valence-electron chi connectivity index (χ4n) is 3.22. The van der Waals surface area contributed by atoms with Crippen molar-refractivity contribution >= 4 is 0 Å². The van der Waals surface area contributed by atoms with Gasteiger partial charge in [0.05, 0.1) is 0 Å². The van der Waals surface area contributed by atoms with Crippen LogP contribution in [0.25, 0.3) is 0 Å². The van der Waals surface area contributed by atoms with Crippen LogP contribution in [0.4, 0.5) is 0 Å². The van der Waals surface area contributed by atoms with Crippen molar-refractivity contribution in [3.05, 3.63) is 47.6 Å². The minimum Gasteiger partial charge on any atom is -0.296 e. The number of hydrogen-bond acceptors (Lipinski definition) is 1. The molecule has 0 spiro atoms. The van der Waals surface area contributed by atoms with Crippen molar-refractivity contribution in [3.63, 3.8) is 0 Å². The van der Waals surface area contributed by atoms with Gasteiger partial charge in [0, 0.05) is 13.1 Å². The van der Waals surface area contributed by atoms with Crippen molar-refractivity contribution in [3.8, 4) is 0 Å². The summed E-state index contributed by atoms with van der Waals surface area (Å²) in [6, 6.07) is 0. The quantitative estimate of drug-likeness (QED) is 0.664. The van der Waals surface area contributed by atoms with E-state index in [0.717, 1.165) is 31.5 Å². The van der Waals surface area contributed by atoms with Crippen LogP contribution in [0.3, 0.4) is 0 Å². The maximum atomic E-state index is 2.56. The molecule has 4 bridgehead atoms. The Balaban J connectivity index is 1.92. The molecular formula is C16H21N. The first-order chi connectivity index (χ1) is 8.35. The van der Waals surface area contributed by atoms with Gasteiger partial charge in [-0.3, -0.25) is 4.90 Å². The summed E-state index contributed by atoms with van der Waals surface area (Å²) in [5.74, 6) is 1.46. The van der Waals surface area contributed by atoms with Gasteiger partial charge in [-0.1, -0.05) is 54.5 Å². The number of rotatable bonds is 1. The Morgan fingerprint density at radius 1 is 1.00 bits per heavy atom. The Hall–Kier alpha value is -1.08. The van der Waals surface area contributed by atoms with Gasteiger partial charge in [-0.15, -0.1) is 0 Å². The third kappa shape index (κ3) is 2.30. The lowest BCUT2D eigenvalue weighted by atomic mass is 9.79. The normalized spacial score (nSPS) is 32.3. The van der Waals surface area contributed by atoms with E-state index in [0.29, 0.717) is 0 Å². The van der Waals surface area contributed by atoms with Gasteiger partial charge in [0.1, 0.15) is 0 Å². The van der Waals surface area contributed by atoms with E-state index < -0.39 is 0 Å². The van der Waals surface area contributed by atoms with Crippen molar-refractivity contribution in [2.24, 2.45) is 11.8 Å². The lowest BCUT2D eigenvalue weighted by molar-refractivity contribution is 0.334. The van der Waals surface area contributed by atoms with Crippen molar-refractivity contribution in [2.45, 2.75) is 19.8 Å². The molecule has 17 heavy (non-hydrogen) atoms. The van der Waals surface area contributed by atoms with Gasteiger partial charge < -0.3 is 0 Å². The summed E-state index contributed by atoms with van der Waals surface area (Å²) in [4.78, 5) is 2.56. The molecule has 1 fully saturated rings. The van der Waals surface area contributed by atoms with Crippen molar-refractivity contribution in [1.82, 2.24) is 4.90 Å². The lowest BCUT2D eigenvalue weighted by Crippen LogP contribution is -2.27. The molecule has 1 nitrogen and oxygen atoms in total. The highest BCUT2D eigenvalue weighted by atomic mass is 15.1. The molecule has 1 heteroatoms. The highest BCUT2D eigenvalue weighted by Gasteiger charge is 2.25. The highest BCUT2D eigenvalue weighted by molar-refractivity contribution is 5.28. The molecule has 1 aliphatic heterocycles. The minimum atomic E-state index is 0.728. The Bertz CT molecular complexity index is 373. The van der Waals surface area contributed by atoms with Crippen molar-refractivity contribution in [1.29, 1.82) is 0 Å². The van der Waals surface area contributed by atoms with Crippen LogP contribution in [-0.4, -0.2) is 24.5 Å². The molecule has 90 valence electrons. The number of hydrogen-bond donors (Lipinski definition) is 0. The molecule has 1 heterocycles.